The molecular weight excluding hydrogens is 371 g/mol. The van der Waals surface area contributed by atoms with Crippen molar-refractivity contribution in [2.24, 2.45) is 0 Å². The number of sulfonamides is 1. The molecule has 0 fully saturated rings. The lowest BCUT2D eigenvalue weighted by molar-refractivity contribution is 0.282. The Morgan fingerprint density at radius 3 is 2.65 bits per heavy atom. The van der Waals surface area contributed by atoms with E-state index in [1.807, 2.05) is 0 Å². The van der Waals surface area contributed by atoms with Crippen LogP contribution in [0.3, 0.4) is 0 Å². The van der Waals surface area contributed by atoms with Gasteiger partial charge in [0.05, 0.1) is 17.2 Å². The fourth-order valence-corrected chi connectivity index (χ4v) is 4.62. The van der Waals surface area contributed by atoms with E-state index in [2.05, 4.69) is 20.7 Å². The molecule has 114 valence electrons. The first-order valence-corrected chi connectivity index (χ1v) is 9.19. The zero-order valence-electron chi connectivity index (χ0n) is 10.9. The fraction of sp³-hybridized carbons (Fsp3) is 0.455. The monoisotopic (exact) mass is 386 g/mol. The first-order valence-electron chi connectivity index (χ1n) is 5.63. The number of nitrogens with two attached hydrogens (primary N) is 1. The molecule has 0 aliphatic rings. The molecule has 0 saturated heterocycles. The Morgan fingerprint density at radius 1 is 1.55 bits per heavy atom. The molecule has 9 heteroatoms. The van der Waals surface area contributed by atoms with Gasteiger partial charge in [0.1, 0.15) is 5.82 Å². The van der Waals surface area contributed by atoms with Crippen LogP contribution in [0.1, 0.15) is 6.92 Å². The summed E-state index contributed by atoms with van der Waals surface area (Å²) < 4.78 is 40.3. The van der Waals surface area contributed by atoms with Gasteiger partial charge >= 0.3 is 0 Å². The molecule has 0 amide bonds. The smallest absolute Gasteiger partial charge is 0.242 e. The lowest BCUT2D eigenvalue weighted by Gasteiger charge is -2.21. The normalized spacial score (nSPS) is 15.1. The molecule has 0 aliphatic heterocycles. The SMILES string of the molecule is CSC(CO)C(C)NS(=O)(=O)c1cc(N)c(F)cc1Br. The van der Waals surface area contributed by atoms with Gasteiger partial charge in [-0.3, -0.25) is 0 Å². The van der Waals surface area contributed by atoms with E-state index >= 15 is 0 Å². The summed E-state index contributed by atoms with van der Waals surface area (Å²) in [5.41, 5.74) is 5.15. The van der Waals surface area contributed by atoms with Gasteiger partial charge in [-0.2, -0.15) is 11.8 Å². The Bertz CT molecular complexity index is 579. The third-order valence-electron chi connectivity index (χ3n) is 2.72. The summed E-state index contributed by atoms with van der Waals surface area (Å²) in [6.45, 7) is 1.49. The van der Waals surface area contributed by atoms with Gasteiger partial charge in [0.15, 0.2) is 0 Å². The molecule has 0 radical (unpaired) electrons. The van der Waals surface area contributed by atoms with Crippen molar-refractivity contribution in [1.82, 2.24) is 4.72 Å². The fourth-order valence-electron chi connectivity index (χ4n) is 1.57. The topological polar surface area (TPSA) is 92.4 Å². The molecule has 2 atom stereocenters. The molecule has 1 aromatic carbocycles. The summed E-state index contributed by atoms with van der Waals surface area (Å²) in [5.74, 6) is -0.693. The average molecular weight is 387 g/mol. The number of aliphatic hydroxyl groups is 1. The van der Waals surface area contributed by atoms with Crippen LogP contribution in [0.4, 0.5) is 10.1 Å². The van der Waals surface area contributed by atoms with Gasteiger partial charge in [-0.05, 0) is 41.2 Å². The Morgan fingerprint density at radius 2 is 2.15 bits per heavy atom. The van der Waals surface area contributed by atoms with Crippen molar-refractivity contribution < 1.29 is 17.9 Å². The van der Waals surface area contributed by atoms with Gasteiger partial charge in [-0.25, -0.2) is 17.5 Å². The molecule has 0 saturated carbocycles. The summed E-state index contributed by atoms with van der Waals surface area (Å²) >= 11 is 4.36. The Labute approximate surface area is 130 Å². The van der Waals surface area contributed by atoms with Crippen LogP contribution in [-0.4, -0.2) is 37.7 Å². The Hall–Kier alpha value is -0.350. The van der Waals surface area contributed by atoms with E-state index < -0.39 is 21.9 Å². The Kier molecular flexibility index (Phi) is 6.26. The number of nitrogen functional groups attached to an aromatic ring is 1. The number of thioether (sulfide) groups is 1. The number of rotatable bonds is 6. The molecule has 1 aromatic rings. The predicted octanol–water partition coefficient (Wildman–Crippen LogP) is 1.56. The number of anilines is 1. The van der Waals surface area contributed by atoms with Crippen molar-refractivity contribution in [3.05, 3.63) is 22.4 Å². The highest BCUT2D eigenvalue weighted by molar-refractivity contribution is 9.10. The maximum atomic E-state index is 13.2. The highest BCUT2D eigenvalue weighted by atomic mass is 79.9. The highest BCUT2D eigenvalue weighted by Crippen LogP contribution is 2.27. The van der Waals surface area contributed by atoms with Gasteiger partial charge < -0.3 is 10.8 Å². The van der Waals surface area contributed by atoms with Crippen LogP contribution in [0.25, 0.3) is 0 Å². The van der Waals surface area contributed by atoms with E-state index in [1.165, 1.54) is 11.8 Å². The molecule has 0 aliphatic carbocycles. The Balaban J connectivity index is 3.09. The molecule has 0 spiro atoms. The standard InChI is InChI=1S/C11H16BrFN2O3S2/c1-6(10(5-16)19-2)15-20(17,18)11-4-9(14)8(13)3-7(11)12/h3-4,6,10,15-16H,5,14H2,1-2H3. The largest absolute Gasteiger partial charge is 0.396 e. The molecule has 0 bridgehead atoms. The first-order chi connectivity index (χ1) is 9.22. The van der Waals surface area contributed by atoms with Gasteiger partial charge in [0.2, 0.25) is 10.0 Å². The van der Waals surface area contributed by atoms with Crippen LogP contribution in [0.2, 0.25) is 0 Å². The molecule has 4 N–H and O–H groups in total. The summed E-state index contributed by atoms with van der Waals surface area (Å²) in [6, 6.07) is 1.58. The minimum absolute atomic E-state index is 0.0913. The van der Waals surface area contributed by atoms with Crippen molar-refractivity contribution in [2.75, 3.05) is 18.6 Å². The van der Waals surface area contributed by atoms with Crippen molar-refractivity contribution in [1.29, 1.82) is 0 Å². The van der Waals surface area contributed by atoms with Gasteiger partial charge in [0.25, 0.3) is 0 Å². The second-order valence-electron chi connectivity index (χ2n) is 4.17. The average Bonchev–Trinajstić information content (AvgIpc) is 2.34. The van der Waals surface area contributed by atoms with Crippen LogP contribution in [0.5, 0.6) is 0 Å². The van der Waals surface area contributed by atoms with Crippen molar-refractivity contribution >= 4 is 43.4 Å². The van der Waals surface area contributed by atoms with E-state index in [4.69, 9.17) is 10.8 Å². The lowest BCUT2D eigenvalue weighted by atomic mass is 10.3. The first kappa shape index (κ1) is 17.7. The van der Waals surface area contributed by atoms with E-state index in [9.17, 15) is 12.8 Å². The van der Waals surface area contributed by atoms with Crippen LogP contribution in [0.15, 0.2) is 21.5 Å². The van der Waals surface area contributed by atoms with E-state index in [0.29, 0.717) is 0 Å². The summed E-state index contributed by atoms with van der Waals surface area (Å²) in [7, 11) is -3.86. The van der Waals surface area contributed by atoms with E-state index in [0.717, 1.165) is 12.1 Å². The summed E-state index contributed by atoms with van der Waals surface area (Å²) in [5, 5.41) is 8.89. The zero-order valence-corrected chi connectivity index (χ0v) is 14.1. The van der Waals surface area contributed by atoms with Gasteiger partial charge in [-0.1, -0.05) is 0 Å². The maximum Gasteiger partial charge on any atom is 0.242 e. The quantitative estimate of drug-likeness (QED) is 0.645. The van der Waals surface area contributed by atoms with Crippen molar-refractivity contribution in [3.8, 4) is 0 Å². The molecule has 0 heterocycles. The molecule has 0 aromatic heterocycles. The molecule has 1 rings (SSSR count). The number of hydrogen-bond acceptors (Lipinski definition) is 5. The van der Waals surface area contributed by atoms with Crippen molar-refractivity contribution in [2.45, 2.75) is 23.1 Å². The molecule has 5 nitrogen and oxygen atoms in total. The lowest BCUT2D eigenvalue weighted by Crippen LogP contribution is -2.41. The zero-order chi connectivity index (χ0) is 15.5. The minimum atomic E-state index is -3.86. The van der Waals surface area contributed by atoms with Crippen LogP contribution < -0.4 is 10.5 Å². The summed E-state index contributed by atoms with van der Waals surface area (Å²) in [4.78, 5) is -0.138. The van der Waals surface area contributed by atoms with Crippen LogP contribution >= 0.6 is 27.7 Å². The number of halogens is 2. The minimum Gasteiger partial charge on any atom is -0.396 e. The van der Waals surface area contributed by atoms with Crippen LogP contribution in [0, 0.1) is 5.82 Å². The number of aliphatic hydroxyl groups excluding tert-OH is 1. The number of benzene rings is 1. The third-order valence-corrected chi connectivity index (χ3v) is 6.40. The second kappa shape index (κ2) is 7.08. The van der Waals surface area contributed by atoms with Crippen molar-refractivity contribution in [3.63, 3.8) is 0 Å². The molecule has 20 heavy (non-hydrogen) atoms. The molecule has 2 unspecified atom stereocenters. The van der Waals surface area contributed by atoms with Gasteiger partial charge in [-0.15, -0.1) is 0 Å². The molecular formula is C11H16BrFN2O3S2. The number of hydrogen-bond donors (Lipinski definition) is 3. The van der Waals surface area contributed by atoms with E-state index in [1.54, 1.807) is 13.2 Å². The second-order valence-corrected chi connectivity index (χ2v) is 7.78. The van der Waals surface area contributed by atoms with Crippen LogP contribution in [-0.2, 0) is 10.0 Å². The maximum absolute atomic E-state index is 13.2. The predicted molar refractivity (Wildman–Crippen MR) is 82.7 cm³/mol. The highest BCUT2D eigenvalue weighted by Gasteiger charge is 2.25. The third kappa shape index (κ3) is 4.08. The summed E-state index contributed by atoms with van der Waals surface area (Å²) in [6.07, 6.45) is 1.78. The van der Waals surface area contributed by atoms with Gasteiger partial charge in [0, 0.05) is 15.8 Å². The van der Waals surface area contributed by atoms with E-state index in [-0.39, 0.29) is 26.9 Å². The number of nitrogens with one attached hydrogen (secondary N) is 1.